The van der Waals surface area contributed by atoms with Gasteiger partial charge in [0, 0.05) is 23.0 Å². The minimum atomic E-state index is -0.762. The number of aromatic nitrogens is 1. The Kier molecular flexibility index (Phi) is 3.59. The van der Waals surface area contributed by atoms with E-state index in [0.717, 1.165) is 22.9 Å². The van der Waals surface area contributed by atoms with Gasteiger partial charge in [-0.05, 0) is 42.7 Å². The highest BCUT2D eigenvalue weighted by atomic mass is 35.5. The van der Waals surface area contributed by atoms with Crippen molar-refractivity contribution in [2.45, 2.75) is 19.3 Å². The summed E-state index contributed by atoms with van der Waals surface area (Å²) >= 11 is 5.91. The van der Waals surface area contributed by atoms with E-state index in [1.807, 2.05) is 18.2 Å². The molecule has 0 saturated carbocycles. The molecule has 3 nitrogen and oxygen atoms in total. The molecule has 0 aliphatic carbocycles. The molecule has 2 rings (SSSR count). The molecule has 0 radical (unpaired) electrons. The Labute approximate surface area is 104 Å². The summed E-state index contributed by atoms with van der Waals surface area (Å²) in [6.07, 6.45) is 3.33. The molecule has 2 aromatic rings. The van der Waals surface area contributed by atoms with E-state index < -0.39 is 5.97 Å². The van der Waals surface area contributed by atoms with Gasteiger partial charge in [-0.15, -0.1) is 0 Å². The average molecular weight is 250 g/mol. The predicted molar refractivity (Wildman–Crippen MR) is 67.3 cm³/mol. The van der Waals surface area contributed by atoms with Gasteiger partial charge in [-0.25, -0.2) is 0 Å². The number of benzene rings is 1. The normalized spacial score (nSPS) is 10.6. The minimum absolute atomic E-state index is 0.188. The van der Waals surface area contributed by atoms with Gasteiger partial charge in [0.25, 0.3) is 0 Å². The van der Waals surface area contributed by atoms with E-state index in [2.05, 4.69) is 4.98 Å². The highest BCUT2D eigenvalue weighted by Crippen LogP contribution is 2.19. The first-order valence-corrected chi connectivity index (χ1v) is 5.79. The van der Waals surface area contributed by atoms with Crippen LogP contribution in [0.25, 0.3) is 10.9 Å². The third-order valence-corrected chi connectivity index (χ3v) is 2.79. The van der Waals surface area contributed by atoms with Gasteiger partial charge >= 0.3 is 5.97 Å². The van der Waals surface area contributed by atoms with Crippen LogP contribution in [0.2, 0.25) is 5.02 Å². The maximum Gasteiger partial charge on any atom is 0.303 e. The first-order chi connectivity index (χ1) is 8.15. The third-order valence-electron chi connectivity index (χ3n) is 2.56. The lowest BCUT2D eigenvalue weighted by molar-refractivity contribution is -0.137. The SMILES string of the molecule is O=C(O)CCCc1cnc2ccc(Cl)cc2c1. The second-order valence-corrected chi connectivity index (χ2v) is 4.36. The molecule has 0 spiro atoms. The Bertz CT molecular complexity index is 554. The summed E-state index contributed by atoms with van der Waals surface area (Å²) < 4.78 is 0. The van der Waals surface area contributed by atoms with Crippen LogP contribution in [0.3, 0.4) is 0 Å². The van der Waals surface area contributed by atoms with Gasteiger partial charge in [0.05, 0.1) is 5.52 Å². The Morgan fingerprint density at radius 3 is 2.94 bits per heavy atom. The Balaban J connectivity index is 2.16. The number of halogens is 1. The molecular formula is C13H12ClNO2. The van der Waals surface area contributed by atoms with Crippen LogP contribution < -0.4 is 0 Å². The summed E-state index contributed by atoms with van der Waals surface area (Å²) in [5.41, 5.74) is 1.94. The van der Waals surface area contributed by atoms with Crippen LogP contribution in [-0.2, 0) is 11.2 Å². The maximum atomic E-state index is 10.4. The second kappa shape index (κ2) is 5.15. The number of hydrogen-bond donors (Lipinski definition) is 1. The summed E-state index contributed by atoms with van der Waals surface area (Å²) in [5, 5.41) is 10.2. The van der Waals surface area contributed by atoms with Gasteiger partial charge in [0.1, 0.15) is 0 Å². The standard InChI is InChI=1S/C13H12ClNO2/c14-11-4-5-12-10(7-11)6-9(8-15-12)2-1-3-13(16)17/h4-8H,1-3H2,(H,16,17). The zero-order valence-corrected chi connectivity index (χ0v) is 9.94. The molecule has 0 amide bonds. The molecule has 0 saturated heterocycles. The fourth-order valence-corrected chi connectivity index (χ4v) is 1.91. The molecule has 1 heterocycles. The van der Waals surface area contributed by atoms with Crippen molar-refractivity contribution < 1.29 is 9.90 Å². The molecule has 0 atom stereocenters. The number of pyridine rings is 1. The van der Waals surface area contributed by atoms with E-state index in [1.54, 1.807) is 12.3 Å². The van der Waals surface area contributed by atoms with Crippen LogP contribution in [0.1, 0.15) is 18.4 Å². The molecule has 0 bridgehead atoms. The number of aliphatic carboxylic acids is 1. The molecular weight excluding hydrogens is 238 g/mol. The lowest BCUT2D eigenvalue weighted by Gasteiger charge is -2.02. The zero-order chi connectivity index (χ0) is 12.3. The van der Waals surface area contributed by atoms with E-state index in [9.17, 15) is 4.79 Å². The Morgan fingerprint density at radius 2 is 2.18 bits per heavy atom. The van der Waals surface area contributed by atoms with Gasteiger partial charge in [-0.3, -0.25) is 9.78 Å². The molecule has 0 aliphatic rings. The van der Waals surface area contributed by atoms with Crippen molar-refractivity contribution in [3.63, 3.8) is 0 Å². The first kappa shape index (κ1) is 11.9. The molecule has 1 N–H and O–H groups in total. The number of nitrogens with zero attached hydrogens (tertiary/aromatic N) is 1. The van der Waals surface area contributed by atoms with E-state index >= 15 is 0 Å². The number of carbonyl (C=O) groups is 1. The van der Waals surface area contributed by atoms with Crippen LogP contribution in [0.15, 0.2) is 30.5 Å². The number of carboxylic acid groups (broad SMARTS) is 1. The number of hydrogen-bond acceptors (Lipinski definition) is 2. The predicted octanol–water partition coefficient (Wildman–Crippen LogP) is 3.30. The van der Waals surface area contributed by atoms with Crippen molar-refractivity contribution >= 4 is 28.5 Å². The van der Waals surface area contributed by atoms with Crippen LogP contribution >= 0.6 is 11.6 Å². The summed E-state index contributed by atoms with van der Waals surface area (Å²) in [4.78, 5) is 14.7. The highest BCUT2D eigenvalue weighted by molar-refractivity contribution is 6.31. The molecule has 88 valence electrons. The van der Waals surface area contributed by atoms with E-state index in [1.165, 1.54) is 0 Å². The van der Waals surface area contributed by atoms with Crippen molar-refractivity contribution in [3.05, 3.63) is 41.0 Å². The molecule has 4 heteroatoms. The quantitative estimate of drug-likeness (QED) is 0.905. The summed E-state index contributed by atoms with van der Waals surface area (Å²) in [7, 11) is 0. The molecule has 17 heavy (non-hydrogen) atoms. The van der Waals surface area contributed by atoms with Gasteiger partial charge < -0.3 is 5.11 Å². The topological polar surface area (TPSA) is 50.2 Å². The molecule has 1 aromatic heterocycles. The maximum absolute atomic E-state index is 10.4. The smallest absolute Gasteiger partial charge is 0.303 e. The summed E-state index contributed by atoms with van der Waals surface area (Å²) in [6.45, 7) is 0. The van der Waals surface area contributed by atoms with E-state index in [4.69, 9.17) is 16.7 Å². The molecule has 0 unspecified atom stereocenters. The second-order valence-electron chi connectivity index (χ2n) is 3.93. The van der Waals surface area contributed by atoms with Gasteiger partial charge in [-0.1, -0.05) is 11.6 Å². The van der Waals surface area contributed by atoms with E-state index in [-0.39, 0.29) is 6.42 Å². The molecule has 0 aliphatic heterocycles. The zero-order valence-electron chi connectivity index (χ0n) is 9.19. The number of rotatable bonds is 4. The Hall–Kier alpha value is -1.61. The van der Waals surface area contributed by atoms with Crippen LogP contribution in [0.5, 0.6) is 0 Å². The third kappa shape index (κ3) is 3.17. The highest BCUT2D eigenvalue weighted by Gasteiger charge is 2.01. The van der Waals surface area contributed by atoms with Gasteiger partial charge in [-0.2, -0.15) is 0 Å². The largest absolute Gasteiger partial charge is 0.481 e. The Morgan fingerprint density at radius 1 is 1.35 bits per heavy atom. The lowest BCUT2D eigenvalue weighted by atomic mass is 10.1. The van der Waals surface area contributed by atoms with Crippen molar-refractivity contribution in [3.8, 4) is 0 Å². The first-order valence-electron chi connectivity index (χ1n) is 5.41. The van der Waals surface area contributed by atoms with Crippen molar-refractivity contribution in [2.75, 3.05) is 0 Å². The summed E-state index contributed by atoms with van der Waals surface area (Å²) in [6, 6.07) is 7.56. The molecule has 1 aromatic carbocycles. The number of fused-ring (bicyclic) bond motifs is 1. The van der Waals surface area contributed by atoms with Crippen LogP contribution in [0, 0.1) is 0 Å². The summed E-state index contributed by atoms with van der Waals surface area (Å²) in [5.74, 6) is -0.762. The lowest BCUT2D eigenvalue weighted by Crippen LogP contribution is -1.96. The average Bonchev–Trinajstić information content (AvgIpc) is 2.28. The van der Waals surface area contributed by atoms with Gasteiger partial charge in [0.15, 0.2) is 0 Å². The van der Waals surface area contributed by atoms with Crippen molar-refractivity contribution in [1.29, 1.82) is 0 Å². The van der Waals surface area contributed by atoms with Crippen LogP contribution in [0.4, 0.5) is 0 Å². The fraction of sp³-hybridized carbons (Fsp3) is 0.231. The van der Waals surface area contributed by atoms with Crippen molar-refractivity contribution in [1.82, 2.24) is 4.98 Å². The minimum Gasteiger partial charge on any atom is -0.481 e. The fourth-order valence-electron chi connectivity index (χ4n) is 1.73. The van der Waals surface area contributed by atoms with Crippen molar-refractivity contribution in [2.24, 2.45) is 0 Å². The van der Waals surface area contributed by atoms with Gasteiger partial charge in [0.2, 0.25) is 0 Å². The number of aryl methyl sites for hydroxylation is 1. The molecule has 0 fully saturated rings. The number of carboxylic acids is 1. The monoisotopic (exact) mass is 249 g/mol. The van der Waals surface area contributed by atoms with Crippen LogP contribution in [-0.4, -0.2) is 16.1 Å². The van der Waals surface area contributed by atoms with E-state index in [0.29, 0.717) is 11.4 Å².